The van der Waals surface area contributed by atoms with Gasteiger partial charge in [0.25, 0.3) is 0 Å². The number of methoxy groups -OCH3 is 1. The Balaban J connectivity index is 1.75. The molecule has 2 atom stereocenters. The van der Waals surface area contributed by atoms with Crippen LogP contribution in [0, 0.1) is 11.3 Å². The minimum absolute atomic E-state index is 0.632. The third kappa shape index (κ3) is 2.79. The lowest BCUT2D eigenvalue weighted by Crippen LogP contribution is -2.35. The molecule has 3 rings (SSSR count). The number of hydrogen-bond acceptors (Lipinski definition) is 4. The largest absolute Gasteiger partial charge is 0.496 e. The Morgan fingerprint density at radius 2 is 2.20 bits per heavy atom. The molecule has 2 saturated heterocycles. The van der Waals surface area contributed by atoms with Gasteiger partial charge in [-0.3, -0.25) is 4.90 Å². The van der Waals surface area contributed by atoms with Gasteiger partial charge >= 0.3 is 0 Å². The van der Waals surface area contributed by atoms with Gasteiger partial charge in [0.05, 0.1) is 18.7 Å². The maximum absolute atomic E-state index is 9.05. The molecule has 4 nitrogen and oxygen atoms in total. The molecule has 0 radical (unpaired) electrons. The first-order chi connectivity index (χ1) is 9.78. The Labute approximate surface area is 120 Å². The fraction of sp³-hybridized carbons (Fsp3) is 0.562. The highest BCUT2D eigenvalue weighted by Crippen LogP contribution is 2.25. The molecule has 0 spiro atoms. The van der Waals surface area contributed by atoms with Crippen molar-refractivity contribution in [3.8, 4) is 11.8 Å². The monoisotopic (exact) mass is 271 g/mol. The number of rotatable bonds is 3. The number of likely N-dealkylation sites (tertiary alicyclic amines) is 1. The molecule has 4 heteroatoms. The standard InChI is InChI=1S/C16H21N3O/c1-20-16-5-2-12(9-17)8-13(16)10-19-7-6-14-3-4-15(11-19)18-14/h2,5,8,14-15,18H,3-4,6-7,10-11H2,1H3. The summed E-state index contributed by atoms with van der Waals surface area (Å²) in [5.74, 6) is 0.881. The van der Waals surface area contributed by atoms with Gasteiger partial charge in [0.15, 0.2) is 0 Å². The molecule has 1 aromatic carbocycles. The molecule has 2 aliphatic rings. The van der Waals surface area contributed by atoms with Crippen LogP contribution in [-0.2, 0) is 6.54 Å². The first-order valence-corrected chi connectivity index (χ1v) is 7.34. The van der Waals surface area contributed by atoms with E-state index in [-0.39, 0.29) is 0 Å². The summed E-state index contributed by atoms with van der Waals surface area (Å²) in [5, 5.41) is 12.7. The van der Waals surface area contributed by atoms with Crippen molar-refractivity contribution in [1.82, 2.24) is 10.2 Å². The Kier molecular flexibility index (Phi) is 3.90. The van der Waals surface area contributed by atoms with Crippen LogP contribution in [0.15, 0.2) is 18.2 Å². The molecular weight excluding hydrogens is 250 g/mol. The molecule has 1 aromatic rings. The van der Waals surface area contributed by atoms with E-state index in [1.54, 1.807) is 7.11 Å². The third-order valence-electron chi connectivity index (χ3n) is 4.41. The van der Waals surface area contributed by atoms with E-state index in [9.17, 15) is 0 Å². The zero-order valence-corrected chi connectivity index (χ0v) is 11.9. The fourth-order valence-corrected chi connectivity index (χ4v) is 3.37. The first kappa shape index (κ1) is 13.4. The van der Waals surface area contributed by atoms with Gasteiger partial charge < -0.3 is 10.1 Å². The summed E-state index contributed by atoms with van der Waals surface area (Å²) in [7, 11) is 1.69. The third-order valence-corrected chi connectivity index (χ3v) is 4.41. The number of nitrogens with zero attached hydrogens (tertiary/aromatic N) is 2. The van der Waals surface area contributed by atoms with Gasteiger partial charge in [0.1, 0.15) is 5.75 Å². The lowest BCUT2D eigenvalue weighted by Gasteiger charge is -2.24. The fourth-order valence-electron chi connectivity index (χ4n) is 3.37. The molecule has 2 bridgehead atoms. The van der Waals surface area contributed by atoms with Crippen molar-refractivity contribution in [3.05, 3.63) is 29.3 Å². The second kappa shape index (κ2) is 5.82. The van der Waals surface area contributed by atoms with Gasteiger partial charge in [0, 0.05) is 37.3 Å². The molecule has 2 unspecified atom stereocenters. The molecule has 2 fully saturated rings. The summed E-state index contributed by atoms with van der Waals surface area (Å²) in [4.78, 5) is 2.48. The second-order valence-electron chi connectivity index (χ2n) is 5.80. The smallest absolute Gasteiger partial charge is 0.123 e. The quantitative estimate of drug-likeness (QED) is 0.912. The van der Waals surface area contributed by atoms with Gasteiger partial charge in [-0.15, -0.1) is 0 Å². The number of ether oxygens (including phenoxy) is 1. The molecule has 0 aromatic heterocycles. The van der Waals surface area contributed by atoms with Crippen LogP contribution in [0.5, 0.6) is 5.75 Å². The summed E-state index contributed by atoms with van der Waals surface area (Å²) in [6, 6.07) is 9.21. The number of fused-ring (bicyclic) bond motifs is 2. The molecule has 0 aliphatic carbocycles. The van der Waals surface area contributed by atoms with E-state index in [2.05, 4.69) is 16.3 Å². The molecule has 0 saturated carbocycles. The van der Waals surface area contributed by atoms with Crippen LogP contribution in [0.1, 0.15) is 30.4 Å². The zero-order valence-electron chi connectivity index (χ0n) is 11.9. The average Bonchev–Trinajstić information content (AvgIpc) is 2.81. The van der Waals surface area contributed by atoms with Crippen molar-refractivity contribution < 1.29 is 4.74 Å². The van der Waals surface area contributed by atoms with E-state index in [1.807, 2.05) is 18.2 Å². The van der Waals surface area contributed by atoms with Gasteiger partial charge in [-0.05, 0) is 37.5 Å². The topological polar surface area (TPSA) is 48.3 Å². The highest BCUT2D eigenvalue weighted by molar-refractivity contribution is 5.42. The molecule has 2 heterocycles. The Hall–Kier alpha value is -1.57. The van der Waals surface area contributed by atoms with Crippen LogP contribution in [0.4, 0.5) is 0 Å². The summed E-state index contributed by atoms with van der Waals surface area (Å²) in [6.45, 7) is 3.08. The SMILES string of the molecule is COc1ccc(C#N)cc1CN1CCC2CCC(C1)N2. The van der Waals surface area contributed by atoms with E-state index in [0.29, 0.717) is 17.6 Å². The van der Waals surface area contributed by atoms with Gasteiger partial charge in [-0.2, -0.15) is 5.26 Å². The lowest BCUT2D eigenvalue weighted by molar-refractivity contribution is 0.247. The summed E-state index contributed by atoms with van der Waals surface area (Å²) in [6.07, 6.45) is 3.83. The minimum Gasteiger partial charge on any atom is -0.496 e. The van der Waals surface area contributed by atoms with Gasteiger partial charge in [0.2, 0.25) is 0 Å². The Morgan fingerprint density at radius 1 is 1.35 bits per heavy atom. The number of nitriles is 1. The molecule has 0 amide bonds. The normalized spacial score (nSPS) is 26.0. The minimum atomic E-state index is 0.632. The van der Waals surface area contributed by atoms with E-state index in [4.69, 9.17) is 10.00 Å². The van der Waals surface area contributed by atoms with Crippen molar-refractivity contribution in [2.24, 2.45) is 0 Å². The van der Waals surface area contributed by atoms with Crippen molar-refractivity contribution in [3.63, 3.8) is 0 Å². The van der Waals surface area contributed by atoms with Crippen molar-refractivity contribution in [2.75, 3.05) is 20.2 Å². The summed E-state index contributed by atoms with van der Waals surface area (Å²) >= 11 is 0. The number of benzene rings is 1. The first-order valence-electron chi connectivity index (χ1n) is 7.34. The highest BCUT2D eigenvalue weighted by Gasteiger charge is 2.29. The highest BCUT2D eigenvalue weighted by atomic mass is 16.5. The summed E-state index contributed by atoms with van der Waals surface area (Å²) in [5.41, 5.74) is 1.82. The maximum atomic E-state index is 9.05. The van der Waals surface area contributed by atoms with Crippen LogP contribution in [0.2, 0.25) is 0 Å². The number of nitrogens with one attached hydrogen (secondary N) is 1. The zero-order chi connectivity index (χ0) is 13.9. The van der Waals surface area contributed by atoms with E-state index in [0.717, 1.165) is 30.9 Å². The molecule has 2 aliphatic heterocycles. The molecule has 106 valence electrons. The van der Waals surface area contributed by atoms with E-state index in [1.165, 1.54) is 19.3 Å². The van der Waals surface area contributed by atoms with Gasteiger partial charge in [-0.1, -0.05) is 0 Å². The van der Waals surface area contributed by atoms with Crippen molar-refractivity contribution >= 4 is 0 Å². The average molecular weight is 271 g/mol. The van der Waals surface area contributed by atoms with E-state index >= 15 is 0 Å². The predicted molar refractivity (Wildman–Crippen MR) is 77.5 cm³/mol. The Morgan fingerprint density at radius 3 is 3.00 bits per heavy atom. The van der Waals surface area contributed by atoms with Crippen LogP contribution >= 0.6 is 0 Å². The summed E-state index contributed by atoms with van der Waals surface area (Å²) < 4.78 is 5.43. The van der Waals surface area contributed by atoms with Crippen molar-refractivity contribution in [1.29, 1.82) is 5.26 Å². The van der Waals surface area contributed by atoms with Crippen LogP contribution in [0.3, 0.4) is 0 Å². The molecular formula is C16H21N3O. The number of hydrogen-bond donors (Lipinski definition) is 1. The van der Waals surface area contributed by atoms with Crippen molar-refractivity contribution in [2.45, 2.75) is 37.9 Å². The van der Waals surface area contributed by atoms with Crippen LogP contribution in [0.25, 0.3) is 0 Å². The van der Waals surface area contributed by atoms with E-state index < -0.39 is 0 Å². The second-order valence-corrected chi connectivity index (χ2v) is 5.80. The maximum Gasteiger partial charge on any atom is 0.123 e. The predicted octanol–water partition coefficient (Wildman–Crippen LogP) is 1.89. The van der Waals surface area contributed by atoms with Crippen LogP contribution in [-0.4, -0.2) is 37.2 Å². The Bertz CT molecular complexity index is 523. The molecule has 20 heavy (non-hydrogen) atoms. The lowest BCUT2D eigenvalue weighted by atomic mass is 10.1. The van der Waals surface area contributed by atoms with Crippen LogP contribution < -0.4 is 10.1 Å². The van der Waals surface area contributed by atoms with Gasteiger partial charge in [-0.25, -0.2) is 0 Å². The molecule has 1 N–H and O–H groups in total.